The Balaban J connectivity index is 1.62. The lowest BCUT2D eigenvalue weighted by atomic mass is 9.84. The van der Waals surface area contributed by atoms with Gasteiger partial charge in [-0.1, -0.05) is 61.7 Å². The topological polar surface area (TPSA) is 71.5 Å². The van der Waals surface area contributed by atoms with Crippen LogP contribution >= 0.6 is 0 Å². The molecule has 5 nitrogen and oxygen atoms in total. The maximum absolute atomic E-state index is 13.6. The van der Waals surface area contributed by atoms with Crippen LogP contribution in [0.15, 0.2) is 59.5 Å². The molecule has 1 atom stereocenters. The van der Waals surface area contributed by atoms with Crippen LogP contribution < -0.4 is 0 Å². The number of nitrogens with zero attached hydrogens (tertiary/aromatic N) is 1. The van der Waals surface area contributed by atoms with Crippen molar-refractivity contribution < 1.29 is 16.8 Å². The van der Waals surface area contributed by atoms with Crippen LogP contribution in [0.2, 0.25) is 0 Å². The van der Waals surface area contributed by atoms with E-state index in [1.165, 1.54) is 29.1 Å². The molecule has 1 aliphatic heterocycles. The highest BCUT2D eigenvalue weighted by Gasteiger charge is 2.38. The van der Waals surface area contributed by atoms with Gasteiger partial charge in [0.2, 0.25) is 10.0 Å². The van der Waals surface area contributed by atoms with Gasteiger partial charge >= 0.3 is 0 Å². The SMILES string of the molecule is O=S1(=O)CCC(N(Cc2ccccc2)S(=O)(=O)c2ccc(C3CCCCC3)cc2)C1. The highest BCUT2D eigenvalue weighted by atomic mass is 32.2. The van der Waals surface area contributed by atoms with Crippen molar-refractivity contribution in [3.05, 3.63) is 65.7 Å². The van der Waals surface area contributed by atoms with Gasteiger partial charge in [0.15, 0.2) is 9.84 Å². The first-order valence-electron chi connectivity index (χ1n) is 10.7. The second-order valence-corrected chi connectivity index (χ2v) is 12.6. The summed E-state index contributed by atoms with van der Waals surface area (Å²) in [6.07, 6.45) is 6.39. The van der Waals surface area contributed by atoms with Crippen LogP contribution in [0, 0.1) is 0 Å². The van der Waals surface area contributed by atoms with Crippen molar-refractivity contribution in [3.8, 4) is 0 Å². The highest BCUT2D eigenvalue weighted by molar-refractivity contribution is 7.92. The van der Waals surface area contributed by atoms with Crippen molar-refractivity contribution in [2.24, 2.45) is 0 Å². The maximum Gasteiger partial charge on any atom is 0.243 e. The Bertz CT molecular complexity index is 1060. The molecule has 1 unspecified atom stereocenters. The summed E-state index contributed by atoms with van der Waals surface area (Å²) in [6.45, 7) is 0.174. The fourth-order valence-corrected chi connectivity index (χ4v) is 8.13. The number of sulfone groups is 1. The third-order valence-electron chi connectivity index (χ3n) is 6.36. The predicted molar refractivity (Wildman–Crippen MR) is 118 cm³/mol. The Kier molecular flexibility index (Phi) is 6.32. The molecule has 0 bridgehead atoms. The highest BCUT2D eigenvalue weighted by Crippen LogP contribution is 2.34. The molecule has 0 aromatic heterocycles. The van der Waals surface area contributed by atoms with Crippen LogP contribution in [0.3, 0.4) is 0 Å². The summed E-state index contributed by atoms with van der Waals surface area (Å²) in [5.74, 6) is 0.439. The van der Waals surface area contributed by atoms with Crippen molar-refractivity contribution >= 4 is 19.9 Å². The van der Waals surface area contributed by atoms with E-state index in [0.29, 0.717) is 12.3 Å². The van der Waals surface area contributed by atoms with Crippen LogP contribution in [-0.4, -0.2) is 38.7 Å². The molecule has 2 aromatic carbocycles. The van der Waals surface area contributed by atoms with E-state index >= 15 is 0 Å². The molecule has 2 fully saturated rings. The van der Waals surface area contributed by atoms with Gasteiger partial charge in [0.05, 0.1) is 16.4 Å². The van der Waals surface area contributed by atoms with Crippen molar-refractivity contribution in [2.75, 3.05) is 11.5 Å². The third kappa shape index (κ3) is 4.79. The van der Waals surface area contributed by atoms with Crippen LogP contribution in [0.25, 0.3) is 0 Å². The molecule has 30 heavy (non-hydrogen) atoms. The molecular weight excluding hydrogens is 418 g/mol. The minimum Gasteiger partial charge on any atom is -0.229 e. The van der Waals surface area contributed by atoms with Gasteiger partial charge < -0.3 is 0 Å². The first-order chi connectivity index (χ1) is 14.4. The smallest absolute Gasteiger partial charge is 0.229 e. The molecule has 4 rings (SSSR count). The standard InChI is InChI=1S/C23H29NO4S2/c25-29(26)16-15-22(18-29)24(17-19-7-3-1-4-8-19)30(27,28)23-13-11-21(12-14-23)20-9-5-2-6-10-20/h1,3-4,7-8,11-14,20,22H,2,5-6,9-10,15-18H2. The largest absolute Gasteiger partial charge is 0.243 e. The molecule has 7 heteroatoms. The Morgan fingerprint density at radius 2 is 1.53 bits per heavy atom. The minimum absolute atomic E-state index is 0.0408. The second-order valence-electron chi connectivity index (χ2n) is 8.50. The van der Waals surface area contributed by atoms with Crippen LogP contribution in [-0.2, 0) is 26.4 Å². The monoisotopic (exact) mass is 447 g/mol. The van der Waals surface area contributed by atoms with Gasteiger partial charge in [0.1, 0.15) is 0 Å². The molecule has 0 amide bonds. The van der Waals surface area contributed by atoms with Crippen LogP contribution in [0.1, 0.15) is 55.6 Å². The van der Waals surface area contributed by atoms with Gasteiger partial charge in [-0.3, -0.25) is 0 Å². The van der Waals surface area contributed by atoms with Crippen molar-refractivity contribution in [2.45, 2.75) is 61.9 Å². The minimum atomic E-state index is -3.81. The molecule has 1 aliphatic carbocycles. The van der Waals surface area contributed by atoms with Crippen molar-refractivity contribution in [1.29, 1.82) is 0 Å². The van der Waals surface area contributed by atoms with Gasteiger partial charge in [0.25, 0.3) is 0 Å². The maximum atomic E-state index is 13.6. The number of sulfonamides is 1. The molecule has 0 radical (unpaired) electrons. The van der Waals surface area contributed by atoms with Crippen LogP contribution in [0.5, 0.6) is 0 Å². The van der Waals surface area contributed by atoms with Crippen molar-refractivity contribution in [1.82, 2.24) is 4.31 Å². The first kappa shape index (κ1) is 21.5. The first-order valence-corrected chi connectivity index (χ1v) is 14.0. The lowest BCUT2D eigenvalue weighted by Crippen LogP contribution is -2.40. The molecule has 0 N–H and O–H groups in total. The summed E-state index contributed by atoms with van der Waals surface area (Å²) >= 11 is 0. The lowest BCUT2D eigenvalue weighted by molar-refractivity contribution is 0.334. The summed E-state index contributed by atoms with van der Waals surface area (Å²) in [5.41, 5.74) is 2.05. The summed E-state index contributed by atoms with van der Waals surface area (Å²) in [7, 11) is -7.01. The predicted octanol–water partition coefficient (Wildman–Crippen LogP) is 4.11. The van der Waals surface area contributed by atoms with Crippen molar-refractivity contribution in [3.63, 3.8) is 0 Å². The Hall–Kier alpha value is -1.70. The number of hydrogen-bond donors (Lipinski definition) is 0. The number of benzene rings is 2. The lowest BCUT2D eigenvalue weighted by Gasteiger charge is -2.28. The molecule has 2 aromatic rings. The normalized spacial score (nSPS) is 22.4. The molecule has 1 heterocycles. The van der Waals surface area contributed by atoms with Gasteiger partial charge in [-0.2, -0.15) is 4.31 Å². The molecular formula is C23H29NO4S2. The fraction of sp³-hybridized carbons (Fsp3) is 0.478. The molecule has 162 valence electrons. The van der Waals surface area contributed by atoms with Gasteiger partial charge in [-0.25, -0.2) is 16.8 Å². The molecule has 2 aliphatic rings. The quantitative estimate of drug-likeness (QED) is 0.668. The number of hydrogen-bond acceptors (Lipinski definition) is 4. The van der Waals surface area contributed by atoms with Gasteiger partial charge in [0, 0.05) is 12.6 Å². The number of rotatable bonds is 6. The Morgan fingerprint density at radius 1 is 0.867 bits per heavy atom. The van der Waals surface area contributed by atoms with E-state index in [2.05, 4.69) is 0 Å². The van der Waals surface area contributed by atoms with E-state index < -0.39 is 25.9 Å². The van der Waals surface area contributed by atoms with Gasteiger partial charge in [-0.15, -0.1) is 0 Å². The Morgan fingerprint density at radius 3 is 2.13 bits per heavy atom. The van der Waals surface area contributed by atoms with E-state index in [1.54, 1.807) is 12.1 Å². The van der Waals surface area contributed by atoms with E-state index in [9.17, 15) is 16.8 Å². The summed E-state index contributed by atoms with van der Waals surface area (Å²) in [4.78, 5) is 0.238. The second kappa shape index (κ2) is 8.81. The fourth-order valence-electron chi connectivity index (χ4n) is 4.66. The van der Waals surface area contributed by atoms with E-state index in [1.807, 2.05) is 42.5 Å². The molecule has 0 spiro atoms. The van der Waals surface area contributed by atoms with E-state index in [4.69, 9.17) is 0 Å². The molecule has 1 saturated heterocycles. The van der Waals surface area contributed by atoms with Crippen LogP contribution in [0.4, 0.5) is 0 Å². The average Bonchev–Trinajstić information content (AvgIpc) is 3.12. The average molecular weight is 448 g/mol. The third-order valence-corrected chi connectivity index (χ3v) is 10.0. The zero-order valence-electron chi connectivity index (χ0n) is 17.1. The summed E-state index contributed by atoms with van der Waals surface area (Å²) < 4.78 is 52.6. The Labute approximate surface area is 180 Å². The zero-order chi connectivity index (χ0) is 21.2. The summed E-state index contributed by atoms with van der Waals surface area (Å²) in [6, 6.07) is 16.1. The van der Waals surface area contributed by atoms with Gasteiger partial charge in [-0.05, 0) is 48.4 Å². The summed E-state index contributed by atoms with van der Waals surface area (Å²) in [5, 5.41) is 0. The zero-order valence-corrected chi connectivity index (χ0v) is 18.7. The van der Waals surface area contributed by atoms with E-state index in [0.717, 1.165) is 18.4 Å². The molecule has 1 saturated carbocycles. The van der Waals surface area contributed by atoms with E-state index in [-0.39, 0.29) is 22.9 Å².